The molecule has 1 aliphatic heterocycles. The number of carbonyl (C=O) groups is 2. The van der Waals surface area contributed by atoms with Gasteiger partial charge in [0, 0.05) is 26.6 Å². The van der Waals surface area contributed by atoms with Gasteiger partial charge in [-0.3, -0.25) is 4.79 Å². The van der Waals surface area contributed by atoms with Crippen molar-refractivity contribution < 1.29 is 19.4 Å². The second-order valence-corrected chi connectivity index (χ2v) is 4.50. The van der Waals surface area contributed by atoms with Crippen molar-refractivity contribution in [2.75, 3.05) is 26.8 Å². The van der Waals surface area contributed by atoms with E-state index in [9.17, 15) is 9.59 Å². The summed E-state index contributed by atoms with van der Waals surface area (Å²) in [6.45, 7) is 3.49. The van der Waals surface area contributed by atoms with E-state index in [1.807, 2.05) is 6.92 Å². The van der Waals surface area contributed by atoms with Gasteiger partial charge in [-0.2, -0.15) is 0 Å². The van der Waals surface area contributed by atoms with Crippen LogP contribution >= 0.6 is 0 Å². The minimum absolute atomic E-state index is 0.0361. The summed E-state index contributed by atoms with van der Waals surface area (Å²) in [7, 11) is 1.58. The molecular weight excluding hydrogens is 224 g/mol. The van der Waals surface area contributed by atoms with Crippen LogP contribution in [0.4, 0.5) is 4.79 Å². The number of aliphatic carboxylic acids is 1. The van der Waals surface area contributed by atoms with E-state index in [4.69, 9.17) is 9.84 Å². The summed E-state index contributed by atoms with van der Waals surface area (Å²) in [4.78, 5) is 24.0. The van der Waals surface area contributed by atoms with Gasteiger partial charge in [-0.15, -0.1) is 0 Å². The van der Waals surface area contributed by atoms with Crippen LogP contribution < -0.4 is 5.32 Å². The van der Waals surface area contributed by atoms with Crippen LogP contribution in [-0.4, -0.2) is 54.9 Å². The number of carboxylic acid groups (broad SMARTS) is 1. The highest BCUT2D eigenvalue weighted by Gasteiger charge is 2.28. The Hall–Kier alpha value is -1.30. The van der Waals surface area contributed by atoms with Crippen molar-refractivity contribution in [3.05, 3.63) is 0 Å². The topological polar surface area (TPSA) is 78.9 Å². The monoisotopic (exact) mass is 244 g/mol. The third-order valence-corrected chi connectivity index (χ3v) is 2.82. The molecular formula is C11H20N2O4. The zero-order valence-electron chi connectivity index (χ0n) is 10.3. The first-order chi connectivity index (χ1) is 8.02. The molecule has 6 nitrogen and oxygen atoms in total. The van der Waals surface area contributed by atoms with E-state index in [1.165, 1.54) is 0 Å². The highest BCUT2D eigenvalue weighted by atomic mass is 16.5. The molecule has 0 aromatic carbocycles. The molecule has 0 aromatic rings. The standard InChI is InChI=1S/C11H20N2O4/c1-8(7-17-2)12-11(16)13-4-3-9(6-13)5-10(14)15/h8-9H,3-7H2,1-2H3,(H,12,16)(H,14,15). The highest BCUT2D eigenvalue weighted by molar-refractivity contribution is 5.75. The number of hydrogen-bond acceptors (Lipinski definition) is 3. The number of carboxylic acids is 1. The van der Waals surface area contributed by atoms with Gasteiger partial charge in [-0.05, 0) is 19.3 Å². The van der Waals surface area contributed by atoms with Gasteiger partial charge in [0.1, 0.15) is 0 Å². The molecule has 2 atom stereocenters. The summed E-state index contributed by atoms with van der Waals surface area (Å²) in [5, 5.41) is 11.5. The quantitative estimate of drug-likeness (QED) is 0.739. The van der Waals surface area contributed by atoms with Gasteiger partial charge in [0.25, 0.3) is 0 Å². The molecule has 1 aliphatic rings. The van der Waals surface area contributed by atoms with Crippen LogP contribution in [0.5, 0.6) is 0 Å². The third kappa shape index (κ3) is 4.60. The molecule has 2 amide bonds. The molecule has 0 aromatic heterocycles. The van der Waals surface area contributed by atoms with Gasteiger partial charge in [-0.25, -0.2) is 4.79 Å². The lowest BCUT2D eigenvalue weighted by molar-refractivity contribution is -0.138. The molecule has 0 aliphatic carbocycles. The minimum atomic E-state index is -0.801. The first-order valence-electron chi connectivity index (χ1n) is 5.79. The Morgan fingerprint density at radius 3 is 2.88 bits per heavy atom. The lowest BCUT2D eigenvalue weighted by atomic mass is 10.1. The fourth-order valence-electron chi connectivity index (χ4n) is 2.02. The van der Waals surface area contributed by atoms with Crippen LogP contribution in [0.3, 0.4) is 0 Å². The van der Waals surface area contributed by atoms with Crippen LogP contribution in [-0.2, 0) is 9.53 Å². The average molecular weight is 244 g/mol. The molecule has 0 saturated carbocycles. The SMILES string of the molecule is COCC(C)NC(=O)N1CCC(CC(=O)O)C1. The molecule has 6 heteroatoms. The Labute approximate surface area is 101 Å². The number of rotatable bonds is 5. The predicted octanol–water partition coefficient (Wildman–Crippen LogP) is 0.527. The van der Waals surface area contributed by atoms with Crippen LogP contribution in [0.15, 0.2) is 0 Å². The molecule has 1 saturated heterocycles. The molecule has 17 heavy (non-hydrogen) atoms. The smallest absolute Gasteiger partial charge is 0.317 e. The Morgan fingerprint density at radius 1 is 1.59 bits per heavy atom. The molecule has 1 heterocycles. The van der Waals surface area contributed by atoms with Crippen molar-refractivity contribution in [1.82, 2.24) is 10.2 Å². The van der Waals surface area contributed by atoms with Gasteiger partial charge in [0.15, 0.2) is 0 Å². The third-order valence-electron chi connectivity index (χ3n) is 2.82. The van der Waals surface area contributed by atoms with Crippen LogP contribution in [0, 0.1) is 5.92 Å². The number of hydrogen-bond donors (Lipinski definition) is 2. The predicted molar refractivity (Wildman–Crippen MR) is 61.8 cm³/mol. The molecule has 0 bridgehead atoms. The van der Waals surface area contributed by atoms with Crippen molar-refractivity contribution in [2.45, 2.75) is 25.8 Å². The normalized spacial score (nSPS) is 21.3. The number of amides is 2. The molecule has 1 rings (SSSR count). The first-order valence-corrected chi connectivity index (χ1v) is 5.79. The Kier molecular flexibility index (Phi) is 5.21. The Bertz CT molecular complexity index is 283. The van der Waals surface area contributed by atoms with Gasteiger partial charge in [0.05, 0.1) is 12.6 Å². The maximum absolute atomic E-state index is 11.8. The van der Waals surface area contributed by atoms with Crippen molar-refractivity contribution in [3.63, 3.8) is 0 Å². The summed E-state index contributed by atoms with van der Waals surface area (Å²) >= 11 is 0. The number of carbonyl (C=O) groups excluding carboxylic acids is 1. The first kappa shape index (κ1) is 13.8. The number of likely N-dealkylation sites (tertiary alicyclic amines) is 1. The zero-order chi connectivity index (χ0) is 12.8. The number of methoxy groups -OCH3 is 1. The van der Waals surface area contributed by atoms with Gasteiger partial charge < -0.3 is 20.1 Å². The molecule has 98 valence electrons. The molecule has 2 unspecified atom stereocenters. The van der Waals surface area contributed by atoms with E-state index in [1.54, 1.807) is 12.0 Å². The highest BCUT2D eigenvalue weighted by Crippen LogP contribution is 2.19. The summed E-state index contributed by atoms with van der Waals surface area (Å²) in [6, 6.07) is -0.173. The second kappa shape index (κ2) is 6.44. The average Bonchev–Trinajstić information content (AvgIpc) is 2.65. The number of nitrogens with one attached hydrogen (secondary N) is 1. The largest absolute Gasteiger partial charge is 0.481 e. The van der Waals surface area contributed by atoms with E-state index in [-0.39, 0.29) is 24.4 Å². The van der Waals surface area contributed by atoms with E-state index in [2.05, 4.69) is 5.32 Å². The van der Waals surface area contributed by atoms with Gasteiger partial charge in [0.2, 0.25) is 0 Å². The lowest BCUT2D eigenvalue weighted by Gasteiger charge is -2.20. The summed E-state index contributed by atoms with van der Waals surface area (Å²) in [5.41, 5.74) is 0. The molecule has 0 spiro atoms. The van der Waals surface area contributed by atoms with Crippen molar-refractivity contribution in [2.24, 2.45) is 5.92 Å². The zero-order valence-corrected chi connectivity index (χ0v) is 10.3. The second-order valence-electron chi connectivity index (χ2n) is 4.50. The fourth-order valence-corrected chi connectivity index (χ4v) is 2.02. The number of nitrogens with zero attached hydrogens (tertiary/aromatic N) is 1. The molecule has 1 fully saturated rings. The summed E-state index contributed by atoms with van der Waals surface area (Å²) < 4.78 is 4.93. The number of urea groups is 1. The lowest BCUT2D eigenvalue weighted by Crippen LogP contribution is -2.44. The Morgan fingerprint density at radius 2 is 2.29 bits per heavy atom. The van der Waals surface area contributed by atoms with Crippen LogP contribution in [0.25, 0.3) is 0 Å². The summed E-state index contributed by atoms with van der Waals surface area (Å²) in [6.07, 6.45) is 0.899. The molecule has 2 N–H and O–H groups in total. The number of ether oxygens (including phenoxy) is 1. The van der Waals surface area contributed by atoms with Gasteiger partial charge in [-0.1, -0.05) is 0 Å². The van der Waals surface area contributed by atoms with E-state index in [0.29, 0.717) is 19.7 Å². The van der Waals surface area contributed by atoms with Gasteiger partial charge >= 0.3 is 12.0 Å². The maximum atomic E-state index is 11.8. The van der Waals surface area contributed by atoms with E-state index >= 15 is 0 Å². The van der Waals surface area contributed by atoms with E-state index in [0.717, 1.165) is 6.42 Å². The Balaban J connectivity index is 2.32. The fraction of sp³-hybridized carbons (Fsp3) is 0.818. The van der Waals surface area contributed by atoms with Crippen molar-refractivity contribution in [1.29, 1.82) is 0 Å². The summed E-state index contributed by atoms with van der Waals surface area (Å²) in [5.74, 6) is -0.721. The van der Waals surface area contributed by atoms with Crippen molar-refractivity contribution >= 4 is 12.0 Å². The van der Waals surface area contributed by atoms with Crippen LogP contribution in [0.1, 0.15) is 19.8 Å². The van der Waals surface area contributed by atoms with E-state index < -0.39 is 5.97 Å². The minimum Gasteiger partial charge on any atom is -0.481 e. The van der Waals surface area contributed by atoms with Crippen molar-refractivity contribution in [3.8, 4) is 0 Å². The van der Waals surface area contributed by atoms with Crippen LogP contribution in [0.2, 0.25) is 0 Å². The maximum Gasteiger partial charge on any atom is 0.317 e. The molecule has 0 radical (unpaired) electrons.